The van der Waals surface area contributed by atoms with Gasteiger partial charge in [-0.2, -0.15) is 5.10 Å². The summed E-state index contributed by atoms with van der Waals surface area (Å²) >= 11 is 3.42. The average molecular weight is 448 g/mol. The van der Waals surface area contributed by atoms with Crippen LogP contribution in [0.25, 0.3) is 11.1 Å². The van der Waals surface area contributed by atoms with Gasteiger partial charge < -0.3 is 15.1 Å². The number of amides is 3. The molecule has 8 nitrogen and oxygen atoms in total. The number of rotatable bonds is 5. The lowest BCUT2D eigenvalue weighted by Gasteiger charge is -2.32. The predicted octanol–water partition coefficient (Wildman–Crippen LogP) is 1.79. The number of nitrogens with one attached hydrogen (secondary N) is 1. The monoisotopic (exact) mass is 447 g/mol. The van der Waals surface area contributed by atoms with Gasteiger partial charge in [-0.25, -0.2) is 0 Å². The Hall–Kier alpha value is -2.68. The second-order valence-electron chi connectivity index (χ2n) is 6.60. The number of anilines is 1. The molecule has 0 atom stereocenters. The summed E-state index contributed by atoms with van der Waals surface area (Å²) in [6, 6.07) is 7.72. The maximum absolute atomic E-state index is 12.6. The van der Waals surface area contributed by atoms with Gasteiger partial charge in [0.25, 0.3) is 0 Å². The smallest absolute Gasteiger partial charge is 0.312 e. The molecule has 2 heterocycles. The molecule has 1 saturated heterocycles. The molecule has 1 aliphatic heterocycles. The molecule has 148 valence electrons. The van der Waals surface area contributed by atoms with Crippen molar-refractivity contribution in [2.75, 3.05) is 31.5 Å². The van der Waals surface area contributed by atoms with Gasteiger partial charge in [0.05, 0.1) is 5.69 Å². The van der Waals surface area contributed by atoms with E-state index in [2.05, 4.69) is 26.3 Å². The highest BCUT2D eigenvalue weighted by atomic mass is 79.9. The highest BCUT2D eigenvalue weighted by Crippen LogP contribution is 2.31. The zero-order valence-electron chi connectivity index (χ0n) is 16.0. The molecular formula is C19H22BrN5O3. The van der Waals surface area contributed by atoms with Crippen LogP contribution < -0.4 is 5.32 Å². The van der Waals surface area contributed by atoms with E-state index < -0.39 is 11.8 Å². The number of piperazine rings is 1. The van der Waals surface area contributed by atoms with Gasteiger partial charge in [0, 0.05) is 36.7 Å². The first kappa shape index (κ1) is 20.1. The summed E-state index contributed by atoms with van der Waals surface area (Å²) in [5.74, 6) is -1.02. The van der Waals surface area contributed by atoms with Crippen molar-refractivity contribution < 1.29 is 14.4 Å². The zero-order valence-corrected chi connectivity index (χ0v) is 17.6. The van der Waals surface area contributed by atoms with Crippen molar-refractivity contribution in [3.05, 3.63) is 34.4 Å². The number of carbonyl (C=O) groups is 3. The first-order chi connectivity index (χ1) is 13.3. The van der Waals surface area contributed by atoms with E-state index in [-0.39, 0.29) is 12.5 Å². The van der Waals surface area contributed by atoms with Crippen LogP contribution in [-0.2, 0) is 21.4 Å². The molecule has 3 rings (SSSR count). The zero-order chi connectivity index (χ0) is 20.4. The molecule has 1 fully saturated rings. The molecule has 1 N–H and O–H groups in total. The largest absolute Gasteiger partial charge is 0.333 e. The van der Waals surface area contributed by atoms with E-state index in [0.29, 0.717) is 25.5 Å². The summed E-state index contributed by atoms with van der Waals surface area (Å²) in [5.41, 5.74) is 2.52. The first-order valence-corrected chi connectivity index (χ1v) is 9.78. The Kier molecular flexibility index (Phi) is 5.83. The number of nitrogens with zero attached hydrogens (tertiary/aromatic N) is 4. The van der Waals surface area contributed by atoms with Gasteiger partial charge in [0.2, 0.25) is 5.91 Å². The van der Waals surface area contributed by atoms with E-state index in [1.165, 1.54) is 9.80 Å². The highest BCUT2D eigenvalue weighted by Gasteiger charge is 2.32. The summed E-state index contributed by atoms with van der Waals surface area (Å²) < 4.78 is 2.56. The normalized spacial score (nSPS) is 14.6. The third kappa shape index (κ3) is 3.94. The van der Waals surface area contributed by atoms with E-state index in [1.807, 2.05) is 38.1 Å². The lowest BCUT2D eigenvalue weighted by Crippen LogP contribution is -2.55. The van der Waals surface area contributed by atoms with Crippen LogP contribution in [0.1, 0.15) is 12.6 Å². The molecule has 9 heteroatoms. The molecule has 0 spiro atoms. The maximum Gasteiger partial charge on any atom is 0.312 e. The summed E-state index contributed by atoms with van der Waals surface area (Å²) in [6.45, 7) is 4.78. The molecular weight excluding hydrogens is 426 g/mol. The van der Waals surface area contributed by atoms with Crippen molar-refractivity contribution in [3.8, 4) is 11.1 Å². The van der Waals surface area contributed by atoms with Crippen LogP contribution in [0.5, 0.6) is 0 Å². The number of halogens is 1. The lowest BCUT2D eigenvalue weighted by atomic mass is 10.1. The molecule has 0 saturated carbocycles. The number of likely N-dealkylation sites (N-methyl/N-ethyl adjacent to an activating group) is 1. The minimum absolute atomic E-state index is 0.174. The number of hydrogen-bond donors (Lipinski definition) is 1. The van der Waals surface area contributed by atoms with Crippen LogP contribution >= 0.6 is 15.9 Å². The van der Waals surface area contributed by atoms with Gasteiger partial charge in [-0.05, 0) is 31.5 Å². The second-order valence-corrected chi connectivity index (χ2v) is 7.51. The summed E-state index contributed by atoms with van der Waals surface area (Å²) in [5, 5.41) is 7.26. The molecule has 1 aromatic carbocycles. The molecule has 0 bridgehead atoms. The fourth-order valence-electron chi connectivity index (χ4n) is 3.28. The van der Waals surface area contributed by atoms with Crippen LogP contribution in [0.3, 0.4) is 0 Å². The number of hydrogen-bond acceptors (Lipinski definition) is 4. The van der Waals surface area contributed by atoms with E-state index >= 15 is 0 Å². The fraction of sp³-hybridized carbons (Fsp3) is 0.368. The van der Waals surface area contributed by atoms with Crippen LogP contribution in [0.2, 0.25) is 0 Å². The van der Waals surface area contributed by atoms with Gasteiger partial charge in [-0.1, -0.05) is 28.1 Å². The van der Waals surface area contributed by atoms with Crippen molar-refractivity contribution >= 4 is 39.5 Å². The van der Waals surface area contributed by atoms with E-state index in [9.17, 15) is 14.4 Å². The van der Waals surface area contributed by atoms with Gasteiger partial charge in [0.1, 0.15) is 12.4 Å². The van der Waals surface area contributed by atoms with Crippen molar-refractivity contribution in [3.63, 3.8) is 0 Å². The Morgan fingerprint density at radius 2 is 1.75 bits per heavy atom. The summed E-state index contributed by atoms with van der Waals surface area (Å²) in [7, 11) is 1.75. The molecule has 3 amide bonds. The minimum atomic E-state index is -0.641. The van der Waals surface area contributed by atoms with Crippen LogP contribution in [0.15, 0.2) is 28.7 Å². The highest BCUT2D eigenvalue weighted by molar-refractivity contribution is 9.10. The topological polar surface area (TPSA) is 87.5 Å². The molecule has 2 aromatic rings. The van der Waals surface area contributed by atoms with Crippen molar-refractivity contribution in [2.24, 2.45) is 7.05 Å². The molecule has 1 aliphatic rings. The Balaban J connectivity index is 1.77. The Bertz CT molecular complexity index is 922. The summed E-state index contributed by atoms with van der Waals surface area (Å²) in [6.07, 6.45) is 0. The average Bonchev–Trinajstić information content (AvgIpc) is 2.93. The van der Waals surface area contributed by atoms with Crippen LogP contribution in [-0.4, -0.2) is 63.5 Å². The van der Waals surface area contributed by atoms with Gasteiger partial charge in [-0.3, -0.25) is 19.1 Å². The van der Waals surface area contributed by atoms with Crippen molar-refractivity contribution in [1.29, 1.82) is 0 Å². The molecule has 1 aromatic heterocycles. The quantitative estimate of drug-likeness (QED) is 0.707. The van der Waals surface area contributed by atoms with Gasteiger partial charge in [0.15, 0.2) is 0 Å². The lowest BCUT2D eigenvalue weighted by molar-refractivity contribution is -0.156. The van der Waals surface area contributed by atoms with Crippen molar-refractivity contribution in [1.82, 2.24) is 19.6 Å². The first-order valence-electron chi connectivity index (χ1n) is 8.99. The number of carbonyl (C=O) groups excluding carboxylic acids is 3. The summed E-state index contributed by atoms with van der Waals surface area (Å²) in [4.78, 5) is 39.6. The predicted molar refractivity (Wildman–Crippen MR) is 109 cm³/mol. The van der Waals surface area contributed by atoms with Crippen LogP contribution in [0, 0.1) is 6.92 Å². The SMILES string of the molecule is CCN1CCN(CC(=O)Nc2c(-c3ccc(Br)cc3)c(C)nn2C)C(=O)C1=O. The van der Waals surface area contributed by atoms with Gasteiger partial charge >= 0.3 is 11.8 Å². The Labute approximate surface area is 171 Å². The molecule has 0 radical (unpaired) electrons. The maximum atomic E-state index is 12.6. The van der Waals surface area contributed by atoms with E-state index in [0.717, 1.165) is 21.3 Å². The molecule has 0 aliphatic carbocycles. The Morgan fingerprint density at radius 1 is 1.14 bits per heavy atom. The number of benzene rings is 1. The van der Waals surface area contributed by atoms with E-state index in [4.69, 9.17) is 0 Å². The fourth-order valence-corrected chi connectivity index (χ4v) is 3.54. The second kappa shape index (κ2) is 8.14. The number of aryl methyl sites for hydroxylation is 2. The van der Waals surface area contributed by atoms with Gasteiger partial charge in [-0.15, -0.1) is 0 Å². The standard InChI is InChI=1S/C19H22BrN5O3/c1-4-24-9-10-25(19(28)18(24)27)11-15(26)21-17-16(12(2)22-23(17)3)13-5-7-14(20)8-6-13/h5-8H,4,9-11H2,1-3H3,(H,21,26). The van der Waals surface area contributed by atoms with Crippen molar-refractivity contribution in [2.45, 2.75) is 13.8 Å². The van der Waals surface area contributed by atoms with E-state index in [1.54, 1.807) is 11.7 Å². The number of aromatic nitrogens is 2. The minimum Gasteiger partial charge on any atom is -0.333 e. The third-order valence-corrected chi connectivity index (χ3v) is 5.25. The molecule has 0 unspecified atom stereocenters. The van der Waals surface area contributed by atoms with Crippen LogP contribution in [0.4, 0.5) is 5.82 Å². The Morgan fingerprint density at radius 3 is 2.39 bits per heavy atom. The third-order valence-electron chi connectivity index (χ3n) is 4.73. The molecule has 28 heavy (non-hydrogen) atoms.